The van der Waals surface area contributed by atoms with Gasteiger partial charge >= 0.3 is 0 Å². The van der Waals surface area contributed by atoms with E-state index in [0.29, 0.717) is 22.9 Å². The average Bonchev–Trinajstić information content (AvgIpc) is 3.25. The largest absolute Gasteiger partial charge is 0.485 e. The Morgan fingerprint density at radius 3 is 2.60 bits per heavy atom. The number of benzene rings is 1. The molecule has 0 unspecified atom stereocenters. The Hall–Kier alpha value is -3.75. The van der Waals surface area contributed by atoms with Crippen LogP contribution in [0.4, 0.5) is 14.6 Å². The molecule has 3 heterocycles. The van der Waals surface area contributed by atoms with Crippen LogP contribution in [0.5, 0.6) is 5.75 Å². The Balaban J connectivity index is 1.67. The van der Waals surface area contributed by atoms with Gasteiger partial charge in [0.1, 0.15) is 24.1 Å². The Morgan fingerprint density at radius 1 is 1.20 bits per heavy atom. The first-order chi connectivity index (χ1) is 14.3. The number of amides is 1. The third-order valence-electron chi connectivity index (χ3n) is 4.60. The second-order valence-corrected chi connectivity index (χ2v) is 7.00. The molecular formula is C21H19F2N5O2. The predicted octanol–water partition coefficient (Wildman–Crippen LogP) is 4.09. The van der Waals surface area contributed by atoms with Crippen LogP contribution in [-0.2, 0) is 6.61 Å². The summed E-state index contributed by atoms with van der Waals surface area (Å²) in [6, 6.07) is 7.02. The van der Waals surface area contributed by atoms with Gasteiger partial charge in [-0.3, -0.25) is 14.3 Å². The molecule has 0 aliphatic rings. The minimum atomic E-state index is -0.680. The summed E-state index contributed by atoms with van der Waals surface area (Å²) in [7, 11) is 0. The first-order valence-electron chi connectivity index (χ1n) is 9.22. The number of imidazole rings is 1. The lowest BCUT2D eigenvalue weighted by Gasteiger charge is -2.11. The number of hydrogen-bond donors (Lipinski definition) is 2. The number of aromatic nitrogens is 4. The molecule has 0 fully saturated rings. The van der Waals surface area contributed by atoms with E-state index in [0.717, 1.165) is 11.3 Å². The number of fused-ring (bicyclic) bond motifs is 1. The highest BCUT2D eigenvalue weighted by molar-refractivity contribution is 6.03. The van der Waals surface area contributed by atoms with Gasteiger partial charge in [0.2, 0.25) is 0 Å². The molecule has 9 heteroatoms. The molecule has 154 valence electrons. The number of carbonyl (C=O) groups is 1. The summed E-state index contributed by atoms with van der Waals surface area (Å²) in [5.74, 6) is -0.944. The van der Waals surface area contributed by atoms with Crippen molar-refractivity contribution in [3.8, 4) is 5.75 Å². The van der Waals surface area contributed by atoms with E-state index in [1.807, 2.05) is 6.92 Å². The maximum Gasteiger partial charge on any atom is 0.277 e. The molecule has 0 aliphatic heterocycles. The van der Waals surface area contributed by atoms with Crippen molar-refractivity contribution >= 4 is 17.4 Å². The van der Waals surface area contributed by atoms with E-state index < -0.39 is 11.6 Å². The van der Waals surface area contributed by atoms with Crippen molar-refractivity contribution < 1.29 is 18.3 Å². The number of rotatable bonds is 5. The van der Waals surface area contributed by atoms with Gasteiger partial charge in [-0.05, 0) is 50.6 Å². The Morgan fingerprint density at radius 2 is 1.93 bits per heavy atom. The van der Waals surface area contributed by atoms with E-state index in [9.17, 15) is 13.6 Å². The minimum Gasteiger partial charge on any atom is -0.485 e. The van der Waals surface area contributed by atoms with Crippen molar-refractivity contribution in [1.29, 1.82) is 0 Å². The van der Waals surface area contributed by atoms with Gasteiger partial charge in [0.15, 0.2) is 17.1 Å². The van der Waals surface area contributed by atoms with Crippen LogP contribution in [0.25, 0.3) is 5.65 Å². The quantitative estimate of drug-likeness (QED) is 0.518. The fraction of sp³-hybridized carbons (Fsp3) is 0.190. The SMILES string of the molecule is Cc1cc(OCc2c(F)cccc2F)c2nc(C)c(NC(=O)c3cc(C)[nH]n3)n2c1. The van der Waals surface area contributed by atoms with Gasteiger partial charge in [-0.1, -0.05) is 6.07 Å². The molecule has 0 saturated heterocycles. The number of carbonyl (C=O) groups excluding carboxylic acids is 1. The van der Waals surface area contributed by atoms with Crippen LogP contribution in [0.1, 0.15) is 33.0 Å². The summed E-state index contributed by atoms with van der Waals surface area (Å²) >= 11 is 0. The van der Waals surface area contributed by atoms with E-state index in [1.165, 1.54) is 18.2 Å². The lowest BCUT2D eigenvalue weighted by molar-refractivity contribution is 0.102. The molecule has 7 nitrogen and oxygen atoms in total. The molecule has 4 aromatic rings. The standard InChI is InChI=1S/C21H19F2N5O2/c1-11-7-18(30-10-14-15(22)5-4-6-16(14)23)20-24-13(3)19(28(20)9-11)25-21(29)17-8-12(2)26-27-17/h4-9H,10H2,1-3H3,(H,25,29)(H,26,27). The first kappa shape index (κ1) is 19.6. The van der Waals surface area contributed by atoms with Crippen LogP contribution in [0.2, 0.25) is 0 Å². The number of nitrogens with zero attached hydrogens (tertiary/aromatic N) is 3. The van der Waals surface area contributed by atoms with E-state index in [1.54, 1.807) is 36.6 Å². The zero-order valence-corrected chi connectivity index (χ0v) is 16.6. The van der Waals surface area contributed by atoms with E-state index in [-0.39, 0.29) is 23.8 Å². The summed E-state index contributed by atoms with van der Waals surface area (Å²) in [6.45, 7) is 5.09. The van der Waals surface area contributed by atoms with Crippen LogP contribution < -0.4 is 10.1 Å². The van der Waals surface area contributed by atoms with Crippen molar-refractivity contribution in [2.45, 2.75) is 27.4 Å². The lowest BCUT2D eigenvalue weighted by Crippen LogP contribution is -2.14. The van der Waals surface area contributed by atoms with E-state index in [2.05, 4.69) is 20.5 Å². The highest BCUT2D eigenvalue weighted by atomic mass is 19.1. The van der Waals surface area contributed by atoms with Crippen molar-refractivity contribution in [3.63, 3.8) is 0 Å². The zero-order valence-electron chi connectivity index (χ0n) is 16.6. The van der Waals surface area contributed by atoms with Crippen molar-refractivity contribution in [3.05, 3.63) is 76.4 Å². The van der Waals surface area contributed by atoms with Crippen LogP contribution in [-0.4, -0.2) is 25.5 Å². The zero-order chi connectivity index (χ0) is 21.4. The van der Waals surface area contributed by atoms with Gasteiger partial charge in [-0.15, -0.1) is 0 Å². The van der Waals surface area contributed by atoms with Crippen molar-refractivity contribution in [2.24, 2.45) is 0 Å². The maximum atomic E-state index is 13.9. The van der Waals surface area contributed by atoms with Crippen LogP contribution in [0.15, 0.2) is 36.5 Å². The minimum absolute atomic E-state index is 0.164. The molecule has 0 atom stereocenters. The van der Waals surface area contributed by atoms with E-state index >= 15 is 0 Å². The fourth-order valence-electron chi connectivity index (χ4n) is 3.14. The number of anilines is 1. The molecule has 4 rings (SSSR count). The molecular weight excluding hydrogens is 392 g/mol. The molecule has 1 aromatic carbocycles. The third kappa shape index (κ3) is 3.61. The third-order valence-corrected chi connectivity index (χ3v) is 4.60. The number of H-pyrrole nitrogens is 1. The number of pyridine rings is 1. The van der Waals surface area contributed by atoms with Crippen LogP contribution in [0.3, 0.4) is 0 Å². The summed E-state index contributed by atoms with van der Waals surface area (Å²) in [5.41, 5.74) is 2.65. The van der Waals surface area contributed by atoms with Gasteiger partial charge in [0.05, 0.1) is 11.3 Å². The topological polar surface area (TPSA) is 84.3 Å². The summed E-state index contributed by atoms with van der Waals surface area (Å²) in [6.07, 6.45) is 1.79. The van der Waals surface area contributed by atoms with Gasteiger partial charge < -0.3 is 10.1 Å². The molecule has 30 heavy (non-hydrogen) atoms. The number of ether oxygens (including phenoxy) is 1. The molecule has 0 aliphatic carbocycles. The highest BCUT2D eigenvalue weighted by Gasteiger charge is 2.18. The molecule has 0 bridgehead atoms. The second-order valence-electron chi connectivity index (χ2n) is 7.00. The van der Waals surface area contributed by atoms with Crippen molar-refractivity contribution in [2.75, 3.05) is 5.32 Å². The van der Waals surface area contributed by atoms with Gasteiger partial charge in [-0.2, -0.15) is 5.10 Å². The summed E-state index contributed by atoms with van der Waals surface area (Å²) in [5, 5.41) is 9.50. The Bertz CT molecular complexity index is 1240. The number of aryl methyl sites for hydroxylation is 3. The van der Waals surface area contributed by atoms with Crippen LogP contribution >= 0.6 is 0 Å². The molecule has 0 radical (unpaired) electrons. The van der Waals surface area contributed by atoms with Gasteiger partial charge in [0, 0.05) is 11.9 Å². The number of hydrogen-bond acceptors (Lipinski definition) is 4. The molecule has 1 amide bonds. The Labute approximate surface area is 170 Å². The normalized spacial score (nSPS) is 11.1. The lowest BCUT2D eigenvalue weighted by atomic mass is 10.2. The number of nitrogens with one attached hydrogen (secondary N) is 2. The average molecular weight is 411 g/mol. The predicted molar refractivity (Wildman–Crippen MR) is 107 cm³/mol. The first-order valence-corrected chi connectivity index (χ1v) is 9.22. The molecule has 2 N–H and O–H groups in total. The monoisotopic (exact) mass is 411 g/mol. The smallest absolute Gasteiger partial charge is 0.277 e. The fourth-order valence-corrected chi connectivity index (χ4v) is 3.14. The maximum absolute atomic E-state index is 13.9. The summed E-state index contributed by atoms with van der Waals surface area (Å²) < 4.78 is 35.2. The van der Waals surface area contributed by atoms with E-state index in [4.69, 9.17) is 4.74 Å². The number of halogens is 2. The molecule has 3 aromatic heterocycles. The molecule has 0 spiro atoms. The van der Waals surface area contributed by atoms with Crippen molar-refractivity contribution in [1.82, 2.24) is 19.6 Å². The Kier molecular flexibility index (Phi) is 4.94. The number of aromatic amines is 1. The highest BCUT2D eigenvalue weighted by Crippen LogP contribution is 2.28. The molecule has 0 saturated carbocycles. The van der Waals surface area contributed by atoms with Gasteiger partial charge in [0.25, 0.3) is 5.91 Å². The summed E-state index contributed by atoms with van der Waals surface area (Å²) in [4.78, 5) is 17.0. The second kappa shape index (κ2) is 7.58. The van der Waals surface area contributed by atoms with Crippen LogP contribution in [0, 0.1) is 32.4 Å². The van der Waals surface area contributed by atoms with Gasteiger partial charge in [-0.25, -0.2) is 13.8 Å².